The van der Waals surface area contributed by atoms with E-state index in [0.717, 1.165) is 17.1 Å². The van der Waals surface area contributed by atoms with Crippen molar-refractivity contribution in [2.24, 2.45) is 0 Å². The third kappa shape index (κ3) is 2.33. The lowest BCUT2D eigenvalue weighted by atomic mass is 10.2. The van der Waals surface area contributed by atoms with Gasteiger partial charge in [-0.3, -0.25) is 4.98 Å². The molecule has 0 saturated carbocycles. The second kappa shape index (κ2) is 4.40. The summed E-state index contributed by atoms with van der Waals surface area (Å²) >= 11 is 5.73. The van der Waals surface area contributed by atoms with Gasteiger partial charge in [0.05, 0.1) is 12.4 Å². The van der Waals surface area contributed by atoms with Crippen LogP contribution in [0.4, 0.5) is 0 Å². The summed E-state index contributed by atoms with van der Waals surface area (Å²) in [5.41, 5.74) is 2.13. The Morgan fingerprint density at radius 1 is 1.40 bits per heavy atom. The first-order valence-corrected chi connectivity index (χ1v) is 5.17. The largest absolute Gasteiger partial charge is 0.312 e. The van der Waals surface area contributed by atoms with E-state index in [1.54, 1.807) is 6.33 Å². The number of rotatable bonds is 3. The first kappa shape index (κ1) is 10.1. The lowest BCUT2D eigenvalue weighted by Crippen LogP contribution is -2.03. The maximum atomic E-state index is 5.73. The fraction of sp³-hybridized carbons (Fsp3) is 0.300. The molecule has 5 heteroatoms. The standard InChI is InChI=1S/C10H11ClN4/c1-8-2-3-9(5-12-8)6-15-7-13-14-10(15)4-11/h2-3,5,7H,4,6H2,1H3. The number of aromatic nitrogens is 4. The van der Waals surface area contributed by atoms with E-state index in [1.165, 1.54) is 0 Å². The molecule has 0 aliphatic carbocycles. The van der Waals surface area contributed by atoms with Gasteiger partial charge in [0.2, 0.25) is 0 Å². The fourth-order valence-corrected chi connectivity index (χ4v) is 1.51. The van der Waals surface area contributed by atoms with Crippen LogP contribution >= 0.6 is 11.6 Å². The number of alkyl halides is 1. The Balaban J connectivity index is 2.18. The third-order valence-electron chi connectivity index (χ3n) is 2.14. The molecule has 15 heavy (non-hydrogen) atoms. The van der Waals surface area contributed by atoms with Crippen LogP contribution in [0.15, 0.2) is 24.7 Å². The van der Waals surface area contributed by atoms with E-state index in [0.29, 0.717) is 12.4 Å². The van der Waals surface area contributed by atoms with E-state index < -0.39 is 0 Å². The number of pyridine rings is 1. The molecule has 0 aliphatic rings. The van der Waals surface area contributed by atoms with Crippen molar-refractivity contribution in [3.63, 3.8) is 0 Å². The number of nitrogens with zero attached hydrogens (tertiary/aromatic N) is 4. The predicted octanol–water partition coefficient (Wildman–Crippen LogP) is 1.77. The molecule has 2 rings (SSSR count). The van der Waals surface area contributed by atoms with Crippen molar-refractivity contribution in [2.75, 3.05) is 0 Å². The molecule has 4 nitrogen and oxygen atoms in total. The summed E-state index contributed by atoms with van der Waals surface area (Å²) in [6, 6.07) is 4.03. The summed E-state index contributed by atoms with van der Waals surface area (Å²) in [7, 11) is 0. The quantitative estimate of drug-likeness (QED) is 0.744. The van der Waals surface area contributed by atoms with Crippen molar-refractivity contribution in [1.82, 2.24) is 19.7 Å². The molecule has 0 spiro atoms. The molecule has 2 aromatic heterocycles. The van der Waals surface area contributed by atoms with Crippen LogP contribution < -0.4 is 0 Å². The van der Waals surface area contributed by atoms with Gasteiger partial charge in [-0.1, -0.05) is 6.07 Å². The van der Waals surface area contributed by atoms with E-state index in [-0.39, 0.29) is 0 Å². The number of hydrogen-bond donors (Lipinski definition) is 0. The third-order valence-corrected chi connectivity index (χ3v) is 2.38. The van der Waals surface area contributed by atoms with Crippen LogP contribution in [0.3, 0.4) is 0 Å². The summed E-state index contributed by atoms with van der Waals surface area (Å²) in [5.74, 6) is 1.15. The molecule has 78 valence electrons. The molecule has 0 unspecified atom stereocenters. The maximum Gasteiger partial charge on any atom is 0.148 e. The Kier molecular flexibility index (Phi) is 2.97. The van der Waals surface area contributed by atoms with Gasteiger partial charge in [-0.2, -0.15) is 0 Å². The first-order chi connectivity index (χ1) is 7.29. The van der Waals surface area contributed by atoms with E-state index >= 15 is 0 Å². The molecular weight excluding hydrogens is 212 g/mol. The second-order valence-corrected chi connectivity index (χ2v) is 3.58. The van der Waals surface area contributed by atoms with Gasteiger partial charge in [0, 0.05) is 11.9 Å². The minimum Gasteiger partial charge on any atom is -0.312 e. The van der Waals surface area contributed by atoms with E-state index in [4.69, 9.17) is 11.6 Å². The molecule has 0 atom stereocenters. The van der Waals surface area contributed by atoms with Crippen molar-refractivity contribution in [3.8, 4) is 0 Å². The zero-order valence-corrected chi connectivity index (χ0v) is 9.15. The Hall–Kier alpha value is -1.42. The van der Waals surface area contributed by atoms with Crippen LogP contribution in [-0.4, -0.2) is 19.7 Å². The van der Waals surface area contributed by atoms with Gasteiger partial charge in [0.25, 0.3) is 0 Å². The van der Waals surface area contributed by atoms with Gasteiger partial charge in [0.15, 0.2) is 0 Å². The average molecular weight is 223 g/mol. The zero-order chi connectivity index (χ0) is 10.7. The van der Waals surface area contributed by atoms with Gasteiger partial charge < -0.3 is 4.57 Å². The lowest BCUT2D eigenvalue weighted by molar-refractivity contribution is 0.751. The Morgan fingerprint density at radius 2 is 2.27 bits per heavy atom. The van der Waals surface area contributed by atoms with Crippen molar-refractivity contribution in [3.05, 3.63) is 41.7 Å². The van der Waals surface area contributed by atoms with Gasteiger partial charge in [-0.15, -0.1) is 21.8 Å². The maximum absolute atomic E-state index is 5.73. The number of aryl methyl sites for hydroxylation is 1. The summed E-state index contributed by atoms with van der Waals surface area (Å²) < 4.78 is 1.92. The van der Waals surface area contributed by atoms with Crippen molar-refractivity contribution in [1.29, 1.82) is 0 Å². The monoisotopic (exact) mass is 222 g/mol. The zero-order valence-electron chi connectivity index (χ0n) is 8.39. The Labute approximate surface area is 92.9 Å². The topological polar surface area (TPSA) is 43.6 Å². The Bertz CT molecular complexity index is 435. The molecule has 0 amide bonds. The smallest absolute Gasteiger partial charge is 0.148 e. The van der Waals surface area contributed by atoms with Crippen molar-refractivity contribution < 1.29 is 0 Å². The van der Waals surface area contributed by atoms with Gasteiger partial charge in [-0.25, -0.2) is 0 Å². The van der Waals surface area contributed by atoms with Crippen LogP contribution in [0.1, 0.15) is 17.1 Å². The van der Waals surface area contributed by atoms with Crippen LogP contribution in [0, 0.1) is 6.92 Å². The van der Waals surface area contributed by atoms with Crippen LogP contribution in [-0.2, 0) is 12.4 Å². The van der Waals surface area contributed by atoms with Crippen LogP contribution in [0.25, 0.3) is 0 Å². The molecule has 2 aromatic rings. The van der Waals surface area contributed by atoms with Gasteiger partial charge in [0.1, 0.15) is 12.2 Å². The highest BCUT2D eigenvalue weighted by molar-refractivity contribution is 6.16. The minimum atomic E-state index is 0.374. The van der Waals surface area contributed by atoms with E-state index in [2.05, 4.69) is 15.2 Å². The Morgan fingerprint density at radius 3 is 2.93 bits per heavy atom. The summed E-state index contributed by atoms with van der Waals surface area (Å²) in [6.07, 6.45) is 3.53. The molecule has 0 N–H and O–H groups in total. The minimum absolute atomic E-state index is 0.374. The normalized spacial score (nSPS) is 10.5. The summed E-state index contributed by atoms with van der Waals surface area (Å²) in [6.45, 7) is 2.68. The second-order valence-electron chi connectivity index (χ2n) is 3.32. The molecule has 0 saturated heterocycles. The van der Waals surface area contributed by atoms with Gasteiger partial charge >= 0.3 is 0 Å². The molecule has 0 bridgehead atoms. The summed E-state index contributed by atoms with van der Waals surface area (Å²) in [4.78, 5) is 4.23. The first-order valence-electron chi connectivity index (χ1n) is 4.64. The SMILES string of the molecule is Cc1ccc(Cn2cnnc2CCl)cn1. The molecule has 0 aliphatic heterocycles. The van der Waals surface area contributed by atoms with Gasteiger partial charge in [-0.05, 0) is 18.6 Å². The number of halogens is 1. The molecule has 0 radical (unpaired) electrons. The predicted molar refractivity (Wildman–Crippen MR) is 57.7 cm³/mol. The van der Waals surface area contributed by atoms with E-state index in [1.807, 2.05) is 29.8 Å². The summed E-state index contributed by atoms with van der Waals surface area (Å²) in [5, 5.41) is 7.72. The molecule has 0 fully saturated rings. The highest BCUT2D eigenvalue weighted by Crippen LogP contribution is 2.05. The van der Waals surface area contributed by atoms with Crippen molar-refractivity contribution in [2.45, 2.75) is 19.3 Å². The average Bonchev–Trinajstić information content (AvgIpc) is 2.69. The van der Waals surface area contributed by atoms with Crippen molar-refractivity contribution >= 4 is 11.6 Å². The fourth-order valence-electron chi connectivity index (χ4n) is 1.30. The van der Waals surface area contributed by atoms with Crippen LogP contribution in [0.5, 0.6) is 0 Å². The highest BCUT2D eigenvalue weighted by atomic mass is 35.5. The lowest BCUT2D eigenvalue weighted by Gasteiger charge is -2.04. The number of hydrogen-bond acceptors (Lipinski definition) is 3. The molecule has 2 heterocycles. The molecule has 0 aromatic carbocycles. The molecular formula is C10H11ClN4. The van der Waals surface area contributed by atoms with E-state index in [9.17, 15) is 0 Å². The highest BCUT2D eigenvalue weighted by Gasteiger charge is 2.03. The van der Waals surface area contributed by atoms with Crippen LogP contribution in [0.2, 0.25) is 0 Å².